The van der Waals surface area contributed by atoms with E-state index < -0.39 is 18.0 Å². The van der Waals surface area contributed by atoms with Crippen LogP contribution in [0.5, 0.6) is 11.5 Å². The van der Waals surface area contributed by atoms with Gasteiger partial charge in [0.05, 0.1) is 5.69 Å². The molecule has 1 amide bonds. The number of nitrogens with zero attached hydrogens (tertiary/aromatic N) is 1. The first-order valence-corrected chi connectivity index (χ1v) is 9.52. The minimum atomic E-state index is -1.01. The molecule has 0 aliphatic carbocycles. The zero-order valence-corrected chi connectivity index (χ0v) is 16.9. The van der Waals surface area contributed by atoms with Gasteiger partial charge in [-0.25, -0.2) is 4.79 Å². The van der Waals surface area contributed by atoms with Crippen molar-refractivity contribution in [3.8, 4) is 22.8 Å². The van der Waals surface area contributed by atoms with Crippen LogP contribution in [-0.4, -0.2) is 35.0 Å². The molecule has 0 spiro atoms. The Labute approximate surface area is 174 Å². The van der Waals surface area contributed by atoms with Gasteiger partial charge in [0, 0.05) is 21.8 Å². The number of H-pyrrole nitrogens is 1. The van der Waals surface area contributed by atoms with Crippen LogP contribution in [0.2, 0.25) is 0 Å². The monoisotopic (exact) mass is 457 g/mol. The van der Waals surface area contributed by atoms with E-state index >= 15 is 0 Å². The Morgan fingerprint density at radius 2 is 1.90 bits per heavy atom. The lowest BCUT2D eigenvalue weighted by Crippen LogP contribution is -2.30. The molecule has 3 aromatic rings. The fraction of sp³-hybridized carbons (Fsp3) is 0.150. The standard InChI is InChI=1S/C20H16BrN3O5/c1-11(19(25)22-14-6-7-17-18(8-14)28-10-27-17)29-20(26)16-9-15(23-24-16)12-2-4-13(21)5-3-12/h2-9,11H,10H2,1H3,(H,22,25)(H,23,24). The minimum absolute atomic E-state index is 0.146. The minimum Gasteiger partial charge on any atom is -0.454 e. The zero-order chi connectivity index (χ0) is 20.4. The van der Waals surface area contributed by atoms with Crippen molar-refractivity contribution in [3.63, 3.8) is 0 Å². The smallest absolute Gasteiger partial charge is 0.357 e. The van der Waals surface area contributed by atoms with Crippen molar-refractivity contribution in [2.24, 2.45) is 0 Å². The van der Waals surface area contributed by atoms with Crippen LogP contribution in [0, 0.1) is 0 Å². The van der Waals surface area contributed by atoms with Gasteiger partial charge in [-0.15, -0.1) is 0 Å². The van der Waals surface area contributed by atoms with Gasteiger partial charge in [-0.2, -0.15) is 5.10 Å². The van der Waals surface area contributed by atoms with E-state index in [1.165, 1.54) is 6.92 Å². The largest absolute Gasteiger partial charge is 0.454 e. The summed E-state index contributed by atoms with van der Waals surface area (Å²) in [5.74, 6) is 0.0211. The molecule has 1 aromatic heterocycles. The molecule has 148 valence electrons. The molecule has 0 saturated carbocycles. The number of carbonyl (C=O) groups is 2. The molecule has 2 aromatic carbocycles. The Morgan fingerprint density at radius 1 is 1.14 bits per heavy atom. The molecule has 2 N–H and O–H groups in total. The number of halogens is 1. The van der Waals surface area contributed by atoms with Crippen LogP contribution < -0.4 is 14.8 Å². The number of hydrogen-bond acceptors (Lipinski definition) is 6. The van der Waals surface area contributed by atoms with Gasteiger partial charge in [0.15, 0.2) is 17.6 Å². The number of nitrogens with one attached hydrogen (secondary N) is 2. The summed E-state index contributed by atoms with van der Waals surface area (Å²) in [6.45, 7) is 1.64. The number of fused-ring (bicyclic) bond motifs is 1. The van der Waals surface area contributed by atoms with E-state index in [1.807, 2.05) is 24.3 Å². The molecule has 0 fully saturated rings. The maximum absolute atomic E-state index is 12.3. The summed E-state index contributed by atoms with van der Waals surface area (Å²) in [7, 11) is 0. The number of ether oxygens (including phenoxy) is 3. The highest BCUT2D eigenvalue weighted by atomic mass is 79.9. The summed E-state index contributed by atoms with van der Waals surface area (Å²) in [4.78, 5) is 24.7. The lowest BCUT2D eigenvalue weighted by molar-refractivity contribution is -0.123. The quantitative estimate of drug-likeness (QED) is 0.565. The highest BCUT2D eigenvalue weighted by Gasteiger charge is 2.22. The number of amides is 1. The predicted octanol–water partition coefficient (Wildman–Crippen LogP) is 3.75. The molecular formula is C20H16BrN3O5. The summed E-state index contributed by atoms with van der Waals surface area (Å²) in [6.07, 6.45) is -1.01. The number of rotatable bonds is 5. The van der Waals surface area contributed by atoms with E-state index in [2.05, 4.69) is 31.4 Å². The lowest BCUT2D eigenvalue weighted by Gasteiger charge is -2.13. The summed E-state index contributed by atoms with van der Waals surface area (Å²) in [5, 5.41) is 9.45. The Bertz CT molecular complexity index is 1060. The molecule has 8 nitrogen and oxygen atoms in total. The van der Waals surface area contributed by atoms with E-state index in [-0.39, 0.29) is 12.5 Å². The van der Waals surface area contributed by atoms with E-state index in [0.29, 0.717) is 22.9 Å². The van der Waals surface area contributed by atoms with Crippen LogP contribution in [0.25, 0.3) is 11.3 Å². The fourth-order valence-corrected chi connectivity index (χ4v) is 2.95. The van der Waals surface area contributed by atoms with Crippen LogP contribution in [0.4, 0.5) is 5.69 Å². The molecule has 0 bridgehead atoms. The SMILES string of the molecule is CC(OC(=O)c1cc(-c2ccc(Br)cc2)n[nH]1)C(=O)Nc1ccc2c(c1)OCO2. The third kappa shape index (κ3) is 4.24. The van der Waals surface area contributed by atoms with Crippen molar-refractivity contribution >= 4 is 33.5 Å². The summed E-state index contributed by atoms with van der Waals surface area (Å²) in [5.41, 5.74) is 2.12. The van der Waals surface area contributed by atoms with Gasteiger partial charge in [0.1, 0.15) is 5.69 Å². The molecule has 0 saturated heterocycles. The highest BCUT2D eigenvalue weighted by molar-refractivity contribution is 9.10. The Kier molecular flexibility index (Phi) is 5.22. The maximum Gasteiger partial charge on any atom is 0.357 e. The lowest BCUT2D eigenvalue weighted by atomic mass is 10.1. The molecule has 9 heteroatoms. The van der Waals surface area contributed by atoms with Crippen molar-refractivity contribution < 1.29 is 23.8 Å². The van der Waals surface area contributed by atoms with E-state index in [1.54, 1.807) is 24.3 Å². The number of esters is 1. The van der Waals surface area contributed by atoms with Crippen LogP contribution in [0.1, 0.15) is 17.4 Å². The van der Waals surface area contributed by atoms with Crippen LogP contribution >= 0.6 is 15.9 Å². The first kappa shape index (κ1) is 19.0. The van der Waals surface area contributed by atoms with E-state index in [9.17, 15) is 9.59 Å². The fourth-order valence-electron chi connectivity index (χ4n) is 2.69. The van der Waals surface area contributed by atoms with E-state index in [0.717, 1.165) is 10.0 Å². The number of carbonyl (C=O) groups excluding carboxylic acids is 2. The van der Waals surface area contributed by atoms with Gasteiger partial charge in [0.2, 0.25) is 6.79 Å². The number of anilines is 1. The van der Waals surface area contributed by atoms with Crippen molar-refractivity contribution in [1.82, 2.24) is 10.2 Å². The second-order valence-corrected chi connectivity index (χ2v) is 7.19. The Hall–Kier alpha value is -3.33. The van der Waals surface area contributed by atoms with Gasteiger partial charge < -0.3 is 19.5 Å². The molecule has 0 radical (unpaired) electrons. The van der Waals surface area contributed by atoms with Crippen molar-refractivity contribution in [2.45, 2.75) is 13.0 Å². The predicted molar refractivity (Wildman–Crippen MR) is 108 cm³/mol. The van der Waals surface area contributed by atoms with Gasteiger partial charge >= 0.3 is 5.97 Å². The Morgan fingerprint density at radius 3 is 2.69 bits per heavy atom. The summed E-state index contributed by atoms with van der Waals surface area (Å²) >= 11 is 3.37. The van der Waals surface area contributed by atoms with Crippen LogP contribution in [0.15, 0.2) is 53.0 Å². The molecule has 1 unspecified atom stereocenters. The third-order valence-corrected chi connectivity index (χ3v) is 4.76. The average Bonchev–Trinajstić information content (AvgIpc) is 3.37. The van der Waals surface area contributed by atoms with Gasteiger partial charge in [0.25, 0.3) is 5.91 Å². The van der Waals surface area contributed by atoms with E-state index in [4.69, 9.17) is 14.2 Å². The summed E-state index contributed by atoms with van der Waals surface area (Å²) < 4.78 is 16.7. The topological polar surface area (TPSA) is 103 Å². The molecular weight excluding hydrogens is 442 g/mol. The first-order valence-electron chi connectivity index (χ1n) is 8.72. The third-order valence-electron chi connectivity index (χ3n) is 4.23. The highest BCUT2D eigenvalue weighted by Crippen LogP contribution is 2.34. The van der Waals surface area contributed by atoms with Crippen LogP contribution in [0.3, 0.4) is 0 Å². The molecule has 4 rings (SSSR count). The summed E-state index contributed by atoms with van der Waals surface area (Å²) in [6, 6.07) is 14.1. The molecule has 1 aliphatic heterocycles. The molecule has 2 heterocycles. The Balaban J connectivity index is 1.37. The first-order chi connectivity index (χ1) is 14.0. The molecule has 1 atom stereocenters. The second kappa shape index (κ2) is 7.96. The maximum atomic E-state index is 12.3. The van der Waals surface area contributed by atoms with Gasteiger partial charge in [-0.05, 0) is 37.3 Å². The number of aromatic nitrogens is 2. The number of benzene rings is 2. The van der Waals surface area contributed by atoms with Crippen molar-refractivity contribution in [1.29, 1.82) is 0 Å². The van der Waals surface area contributed by atoms with Gasteiger partial charge in [-0.1, -0.05) is 28.1 Å². The van der Waals surface area contributed by atoms with Crippen LogP contribution in [-0.2, 0) is 9.53 Å². The second-order valence-electron chi connectivity index (χ2n) is 6.28. The van der Waals surface area contributed by atoms with Crippen molar-refractivity contribution in [2.75, 3.05) is 12.1 Å². The average molecular weight is 458 g/mol. The number of hydrogen-bond donors (Lipinski definition) is 2. The molecule has 29 heavy (non-hydrogen) atoms. The number of aromatic amines is 1. The molecule has 1 aliphatic rings. The zero-order valence-electron chi connectivity index (χ0n) is 15.3. The normalized spacial score (nSPS) is 13.0. The van der Waals surface area contributed by atoms with Crippen molar-refractivity contribution in [3.05, 3.63) is 58.7 Å². The van der Waals surface area contributed by atoms with Gasteiger partial charge in [-0.3, -0.25) is 9.89 Å².